The SMILES string of the molecule is CC(C)[C@@H](N)C(=O)N(CCCC(=O)O)C(C)C. The van der Waals surface area contributed by atoms with Crippen LogP contribution >= 0.6 is 0 Å². The zero-order valence-electron chi connectivity index (χ0n) is 11.1. The standard InChI is InChI=1S/C12H24N2O3/c1-8(2)11(13)12(17)14(9(3)4)7-5-6-10(15)16/h8-9,11H,5-7,13H2,1-4H3,(H,15,16)/t11-/m1/s1. The first-order valence-corrected chi connectivity index (χ1v) is 6.05. The number of nitrogens with zero attached hydrogens (tertiary/aromatic N) is 1. The maximum Gasteiger partial charge on any atom is 0.303 e. The molecule has 3 N–H and O–H groups in total. The number of amides is 1. The molecule has 0 radical (unpaired) electrons. The number of carboxylic acids is 1. The molecule has 0 rings (SSSR count). The molecular formula is C12H24N2O3. The van der Waals surface area contributed by atoms with E-state index in [4.69, 9.17) is 10.8 Å². The molecule has 5 nitrogen and oxygen atoms in total. The van der Waals surface area contributed by atoms with Crippen molar-refractivity contribution in [2.75, 3.05) is 6.54 Å². The van der Waals surface area contributed by atoms with E-state index in [9.17, 15) is 9.59 Å². The number of carbonyl (C=O) groups excluding carboxylic acids is 1. The van der Waals surface area contributed by atoms with E-state index in [0.29, 0.717) is 13.0 Å². The van der Waals surface area contributed by atoms with Crippen LogP contribution in [0.1, 0.15) is 40.5 Å². The minimum Gasteiger partial charge on any atom is -0.481 e. The van der Waals surface area contributed by atoms with Crippen LogP contribution in [0, 0.1) is 5.92 Å². The summed E-state index contributed by atoms with van der Waals surface area (Å²) in [6.07, 6.45) is 0.539. The molecule has 0 aromatic heterocycles. The van der Waals surface area contributed by atoms with Gasteiger partial charge < -0.3 is 15.7 Å². The Kier molecular flexibility index (Phi) is 6.80. The van der Waals surface area contributed by atoms with E-state index in [2.05, 4.69) is 0 Å². The average Bonchev–Trinajstić information content (AvgIpc) is 2.21. The van der Waals surface area contributed by atoms with Gasteiger partial charge in [0.05, 0.1) is 6.04 Å². The minimum absolute atomic E-state index is 0.0427. The Morgan fingerprint density at radius 2 is 1.76 bits per heavy atom. The maximum absolute atomic E-state index is 12.1. The molecule has 0 unspecified atom stereocenters. The molecule has 0 bridgehead atoms. The van der Waals surface area contributed by atoms with Crippen molar-refractivity contribution in [2.24, 2.45) is 11.7 Å². The van der Waals surface area contributed by atoms with Crippen LogP contribution in [0.5, 0.6) is 0 Å². The summed E-state index contributed by atoms with van der Waals surface area (Å²) >= 11 is 0. The van der Waals surface area contributed by atoms with E-state index >= 15 is 0 Å². The first-order valence-electron chi connectivity index (χ1n) is 6.05. The van der Waals surface area contributed by atoms with Gasteiger partial charge in [-0.2, -0.15) is 0 Å². The lowest BCUT2D eigenvalue weighted by molar-refractivity contribution is -0.139. The number of nitrogens with two attached hydrogens (primary N) is 1. The van der Waals surface area contributed by atoms with Crippen molar-refractivity contribution in [1.29, 1.82) is 0 Å². The molecule has 100 valence electrons. The number of carboxylic acid groups (broad SMARTS) is 1. The molecule has 17 heavy (non-hydrogen) atoms. The van der Waals surface area contributed by atoms with Crippen molar-refractivity contribution in [3.8, 4) is 0 Å². The van der Waals surface area contributed by atoms with Crippen molar-refractivity contribution in [3.63, 3.8) is 0 Å². The fourth-order valence-electron chi connectivity index (χ4n) is 1.50. The van der Waals surface area contributed by atoms with E-state index < -0.39 is 12.0 Å². The van der Waals surface area contributed by atoms with Crippen LogP contribution in [0.15, 0.2) is 0 Å². The molecular weight excluding hydrogens is 220 g/mol. The number of hydrogen-bond acceptors (Lipinski definition) is 3. The summed E-state index contributed by atoms with van der Waals surface area (Å²) in [5, 5.41) is 8.57. The van der Waals surface area contributed by atoms with E-state index in [0.717, 1.165) is 0 Å². The van der Waals surface area contributed by atoms with Gasteiger partial charge in [0.2, 0.25) is 5.91 Å². The summed E-state index contributed by atoms with van der Waals surface area (Å²) in [6, 6.07) is -0.469. The second-order valence-corrected chi connectivity index (χ2v) is 4.89. The van der Waals surface area contributed by atoms with Gasteiger partial charge in [0.1, 0.15) is 0 Å². The predicted octanol–water partition coefficient (Wildman–Crippen LogP) is 1.07. The number of rotatable bonds is 7. The molecule has 1 amide bonds. The van der Waals surface area contributed by atoms with Crippen LogP contribution in [0.25, 0.3) is 0 Å². The van der Waals surface area contributed by atoms with E-state index in [1.165, 1.54) is 0 Å². The maximum atomic E-state index is 12.1. The Labute approximate surface area is 103 Å². The molecule has 0 aliphatic heterocycles. The van der Waals surface area contributed by atoms with Crippen molar-refractivity contribution >= 4 is 11.9 Å². The first-order chi connectivity index (χ1) is 7.77. The van der Waals surface area contributed by atoms with E-state index in [1.54, 1.807) is 4.90 Å². The number of carbonyl (C=O) groups is 2. The van der Waals surface area contributed by atoms with Gasteiger partial charge in [0.15, 0.2) is 0 Å². The van der Waals surface area contributed by atoms with Gasteiger partial charge in [-0.1, -0.05) is 13.8 Å². The predicted molar refractivity (Wildman–Crippen MR) is 66.5 cm³/mol. The largest absolute Gasteiger partial charge is 0.481 e. The lowest BCUT2D eigenvalue weighted by atomic mass is 10.0. The third-order valence-corrected chi connectivity index (χ3v) is 2.70. The summed E-state index contributed by atoms with van der Waals surface area (Å²) in [4.78, 5) is 24.2. The molecule has 0 aromatic rings. The molecule has 0 aliphatic carbocycles. The van der Waals surface area contributed by atoms with Gasteiger partial charge in [-0.25, -0.2) is 0 Å². The van der Waals surface area contributed by atoms with Crippen LogP contribution < -0.4 is 5.73 Å². The summed E-state index contributed by atoms with van der Waals surface area (Å²) in [5.74, 6) is -0.849. The third-order valence-electron chi connectivity index (χ3n) is 2.70. The first kappa shape index (κ1) is 15.9. The fourth-order valence-corrected chi connectivity index (χ4v) is 1.50. The van der Waals surface area contributed by atoms with Crippen molar-refractivity contribution in [1.82, 2.24) is 4.90 Å². The van der Waals surface area contributed by atoms with Gasteiger partial charge >= 0.3 is 5.97 Å². The van der Waals surface area contributed by atoms with Gasteiger partial charge in [0.25, 0.3) is 0 Å². The quantitative estimate of drug-likeness (QED) is 0.701. The number of hydrogen-bond donors (Lipinski definition) is 2. The van der Waals surface area contributed by atoms with Crippen molar-refractivity contribution in [2.45, 2.75) is 52.6 Å². The molecule has 0 fully saturated rings. The summed E-state index contributed by atoms with van der Waals surface area (Å²) in [6.45, 7) is 8.07. The highest BCUT2D eigenvalue weighted by molar-refractivity contribution is 5.82. The minimum atomic E-state index is -0.839. The zero-order valence-corrected chi connectivity index (χ0v) is 11.1. The van der Waals surface area contributed by atoms with Gasteiger partial charge in [-0.3, -0.25) is 9.59 Å². The van der Waals surface area contributed by atoms with Crippen LogP contribution in [-0.2, 0) is 9.59 Å². The summed E-state index contributed by atoms with van der Waals surface area (Å²) in [7, 11) is 0. The molecule has 0 aliphatic rings. The summed E-state index contributed by atoms with van der Waals surface area (Å²) < 4.78 is 0. The molecule has 0 heterocycles. The topological polar surface area (TPSA) is 83.6 Å². The lowest BCUT2D eigenvalue weighted by Crippen LogP contribution is -2.49. The van der Waals surface area contributed by atoms with Gasteiger partial charge in [-0.15, -0.1) is 0 Å². The Morgan fingerprint density at radius 1 is 1.24 bits per heavy atom. The molecule has 0 aromatic carbocycles. The van der Waals surface area contributed by atoms with Crippen molar-refractivity contribution in [3.05, 3.63) is 0 Å². The molecule has 5 heteroatoms. The van der Waals surface area contributed by atoms with Crippen LogP contribution in [-0.4, -0.2) is 40.5 Å². The van der Waals surface area contributed by atoms with Crippen molar-refractivity contribution < 1.29 is 14.7 Å². The number of aliphatic carboxylic acids is 1. The Morgan fingerprint density at radius 3 is 2.12 bits per heavy atom. The highest BCUT2D eigenvalue weighted by Gasteiger charge is 2.25. The smallest absolute Gasteiger partial charge is 0.303 e. The third kappa shape index (κ3) is 5.68. The Balaban J connectivity index is 4.42. The van der Waals surface area contributed by atoms with Crippen LogP contribution in [0.2, 0.25) is 0 Å². The summed E-state index contributed by atoms with van der Waals surface area (Å²) in [5.41, 5.74) is 5.82. The molecule has 0 saturated heterocycles. The molecule has 0 saturated carbocycles. The second kappa shape index (κ2) is 7.27. The monoisotopic (exact) mass is 244 g/mol. The van der Waals surface area contributed by atoms with Gasteiger partial charge in [0, 0.05) is 19.0 Å². The Hall–Kier alpha value is -1.10. The molecule has 1 atom stereocenters. The van der Waals surface area contributed by atoms with Crippen LogP contribution in [0.4, 0.5) is 0 Å². The van der Waals surface area contributed by atoms with Crippen LogP contribution in [0.3, 0.4) is 0 Å². The second-order valence-electron chi connectivity index (χ2n) is 4.89. The molecule has 0 spiro atoms. The average molecular weight is 244 g/mol. The van der Waals surface area contributed by atoms with Gasteiger partial charge in [-0.05, 0) is 26.2 Å². The zero-order chi connectivity index (χ0) is 13.6. The lowest BCUT2D eigenvalue weighted by Gasteiger charge is -2.30. The van der Waals surface area contributed by atoms with E-state index in [1.807, 2.05) is 27.7 Å². The highest BCUT2D eigenvalue weighted by Crippen LogP contribution is 2.08. The fraction of sp³-hybridized carbons (Fsp3) is 0.833. The Bertz CT molecular complexity index is 264. The highest BCUT2D eigenvalue weighted by atomic mass is 16.4. The normalized spacial score (nSPS) is 12.9. The van der Waals surface area contributed by atoms with E-state index in [-0.39, 0.29) is 24.3 Å².